The van der Waals surface area contributed by atoms with Gasteiger partial charge in [0.05, 0.1) is 27.7 Å². The lowest BCUT2D eigenvalue weighted by Crippen LogP contribution is -2.37. The van der Waals surface area contributed by atoms with Crippen LogP contribution in [0.5, 0.6) is 0 Å². The number of esters is 2. The van der Waals surface area contributed by atoms with Crippen molar-refractivity contribution in [2.75, 3.05) is 47.5 Å². The monoisotopic (exact) mass is 1320 g/mol. The molecule has 1 N–H and O–H groups in total. The molecule has 0 radical (unpaired) electrons. The molecular formula is C83H149NO8P+. The number of phosphoric ester groups is 1. The Labute approximate surface area is 576 Å². The normalized spacial score (nSPS) is 13.7. The molecule has 0 aromatic carbocycles. The first-order valence-corrected chi connectivity index (χ1v) is 40.6. The molecular weight excluding hydrogens is 1170 g/mol. The molecule has 0 aromatic rings. The summed E-state index contributed by atoms with van der Waals surface area (Å²) in [5, 5.41) is 0. The summed E-state index contributed by atoms with van der Waals surface area (Å²) in [6.07, 6.45) is 104. The van der Waals surface area contributed by atoms with E-state index in [0.29, 0.717) is 17.4 Å². The molecule has 0 bridgehead atoms. The van der Waals surface area contributed by atoms with Gasteiger partial charge in [-0.25, -0.2) is 4.57 Å². The second kappa shape index (κ2) is 72.9. The summed E-state index contributed by atoms with van der Waals surface area (Å²) in [5.41, 5.74) is 0. The van der Waals surface area contributed by atoms with E-state index < -0.39 is 26.5 Å². The van der Waals surface area contributed by atoms with Crippen LogP contribution in [0.15, 0.2) is 109 Å². The Morgan fingerprint density at radius 3 is 0.914 bits per heavy atom. The van der Waals surface area contributed by atoms with E-state index in [1.165, 1.54) is 225 Å². The van der Waals surface area contributed by atoms with Crippen molar-refractivity contribution in [3.05, 3.63) is 109 Å². The quantitative estimate of drug-likeness (QED) is 0.0211. The third-order valence-electron chi connectivity index (χ3n) is 17.1. The molecule has 0 spiro atoms. The van der Waals surface area contributed by atoms with Gasteiger partial charge in [-0.15, -0.1) is 0 Å². The summed E-state index contributed by atoms with van der Waals surface area (Å²) in [5.74, 6) is -0.829. The van der Waals surface area contributed by atoms with Gasteiger partial charge in [0, 0.05) is 12.8 Å². The maximum absolute atomic E-state index is 12.9. The predicted octanol–water partition coefficient (Wildman–Crippen LogP) is 26.0. The van der Waals surface area contributed by atoms with Gasteiger partial charge in [-0.2, -0.15) is 0 Å². The zero-order valence-electron chi connectivity index (χ0n) is 61.5. The first-order valence-electron chi connectivity index (χ1n) is 39.1. The van der Waals surface area contributed by atoms with Crippen LogP contribution in [0.25, 0.3) is 0 Å². The number of quaternary nitrogens is 1. The number of allylic oxidation sites excluding steroid dienone is 18. The minimum atomic E-state index is -4.41. The van der Waals surface area contributed by atoms with E-state index in [4.69, 9.17) is 18.5 Å². The highest BCUT2D eigenvalue weighted by Crippen LogP contribution is 2.43. The van der Waals surface area contributed by atoms with Crippen molar-refractivity contribution >= 4 is 19.8 Å². The molecule has 0 heterocycles. The highest BCUT2D eigenvalue weighted by atomic mass is 31.2. The van der Waals surface area contributed by atoms with E-state index in [9.17, 15) is 19.0 Å². The van der Waals surface area contributed by atoms with Crippen LogP contribution in [-0.2, 0) is 32.7 Å². The molecule has 0 aliphatic heterocycles. The van der Waals surface area contributed by atoms with Crippen LogP contribution >= 0.6 is 7.82 Å². The molecule has 0 aliphatic rings. The lowest BCUT2D eigenvalue weighted by Gasteiger charge is -2.24. The van der Waals surface area contributed by atoms with Gasteiger partial charge in [-0.05, 0) is 83.5 Å². The Kier molecular flexibility index (Phi) is 70.3. The van der Waals surface area contributed by atoms with E-state index in [2.05, 4.69) is 123 Å². The molecule has 0 rings (SSSR count). The molecule has 2 unspecified atom stereocenters. The van der Waals surface area contributed by atoms with Crippen LogP contribution < -0.4 is 0 Å². The summed E-state index contributed by atoms with van der Waals surface area (Å²) in [6, 6.07) is 0. The molecule has 0 amide bonds. The number of carbonyl (C=O) groups excluding carboxylic acids is 2. The third-order valence-corrected chi connectivity index (χ3v) is 18.1. The molecule has 0 aliphatic carbocycles. The first kappa shape index (κ1) is 89.7. The molecule has 538 valence electrons. The van der Waals surface area contributed by atoms with Crippen molar-refractivity contribution in [3.8, 4) is 0 Å². The van der Waals surface area contributed by atoms with Gasteiger partial charge >= 0.3 is 19.8 Å². The van der Waals surface area contributed by atoms with Gasteiger partial charge in [-0.1, -0.05) is 367 Å². The molecule has 2 atom stereocenters. The van der Waals surface area contributed by atoms with Crippen LogP contribution in [-0.4, -0.2) is 74.9 Å². The Balaban J connectivity index is 4.02. The number of nitrogens with zero attached hydrogens (tertiary/aromatic N) is 1. The van der Waals surface area contributed by atoms with Crippen LogP contribution in [0.3, 0.4) is 0 Å². The molecule has 10 heteroatoms. The molecule has 9 nitrogen and oxygen atoms in total. The minimum Gasteiger partial charge on any atom is -0.462 e. The van der Waals surface area contributed by atoms with E-state index in [0.717, 1.165) is 96.3 Å². The number of carbonyl (C=O) groups is 2. The lowest BCUT2D eigenvalue weighted by atomic mass is 10.0. The van der Waals surface area contributed by atoms with Crippen molar-refractivity contribution in [2.45, 2.75) is 360 Å². The Morgan fingerprint density at radius 2 is 0.613 bits per heavy atom. The van der Waals surface area contributed by atoms with Crippen LogP contribution in [0.1, 0.15) is 354 Å². The Hall–Kier alpha value is -3.33. The summed E-state index contributed by atoms with van der Waals surface area (Å²) in [6.45, 7) is 4.32. The Morgan fingerprint density at radius 1 is 0.344 bits per heavy atom. The van der Waals surface area contributed by atoms with Gasteiger partial charge in [0.15, 0.2) is 6.10 Å². The van der Waals surface area contributed by atoms with Crippen molar-refractivity contribution in [1.29, 1.82) is 0 Å². The SMILES string of the molecule is CC/C=C\C/C=C\C/C=C\C/C=C\C/C=C\C/C=C\C/C=C\C/C=C\C/C=C\CCCCCC(=O)OC(COC(=O)CCCCCCCCCCCCCCCCCCCCCCCCCCCCCCCCCCCCCCCC)COP(=O)(O)OCC[N+](C)(C)C. The number of phosphoric acid groups is 1. The van der Waals surface area contributed by atoms with Gasteiger partial charge in [0.25, 0.3) is 0 Å². The smallest absolute Gasteiger partial charge is 0.462 e. The fourth-order valence-corrected chi connectivity index (χ4v) is 11.9. The average Bonchev–Trinajstić information content (AvgIpc) is 2.02. The second-order valence-corrected chi connectivity index (χ2v) is 28.8. The molecule has 0 aromatic heterocycles. The zero-order valence-corrected chi connectivity index (χ0v) is 62.4. The molecule has 0 saturated heterocycles. The number of likely N-dealkylation sites (N-methyl/N-ethyl adjacent to an activating group) is 1. The summed E-state index contributed by atoms with van der Waals surface area (Å²) < 4.78 is 34.7. The molecule has 93 heavy (non-hydrogen) atoms. The van der Waals surface area contributed by atoms with Crippen molar-refractivity contribution in [2.24, 2.45) is 0 Å². The zero-order chi connectivity index (χ0) is 67.6. The Bertz CT molecular complexity index is 1940. The fraction of sp³-hybridized carbons (Fsp3) is 0.759. The number of hydrogen-bond acceptors (Lipinski definition) is 7. The highest BCUT2D eigenvalue weighted by molar-refractivity contribution is 7.47. The first-order chi connectivity index (χ1) is 45.5. The van der Waals surface area contributed by atoms with Crippen LogP contribution in [0.2, 0.25) is 0 Å². The number of rotatable bonds is 72. The summed E-state index contributed by atoms with van der Waals surface area (Å²) >= 11 is 0. The van der Waals surface area contributed by atoms with E-state index >= 15 is 0 Å². The maximum Gasteiger partial charge on any atom is 0.472 e. The molecule has 0 saturated carbocycles. The van der Waals surface area contributed by atoms with Gasteiger partial charge in [-0.3, -0.25) is 18.6 Å². The summed E-state index contributed by atoms with van der Waals surface area (Å²) in [7, 11) is 1.45. The highest BCUT2D eigenvalue weighted by Gasteiger charge is 2.27. The predicted molar refractivity (Wildman–Crippen MR) is 404 cm³/mol. The van der Waals surface area contributed by atoms with E-state index in [1.54, 1.807) is 0 Å². The number of unbranched alkanes of at least 4 members (excludes halogenated alkanes) is 40. The summed E-state index contributed by atoms with van der Waals surface area (Å²) in [4.78, 5) is 35.9. The van der Waals surface area contributed by atoms with Crippen molar-refractivity contribution in [3.63, 3.8) is 0 Å². The lowest BCUT2D eigenvalue weighted by molar-refractivity contribution is -0.870. The van der Waals surface area contributed by atoms with Crippen LogP contribution in [0.4, 0.5) is 0 Å². The van der Waals surface area contributed by atoms with E-state index in [-0.39, 0.29) is 32.0 Å². The topological polar surface area (TPSA) is 108 Å². The van der Waals surface area contributed by atoms with Gasteiger partial charge < -0.3 is 18.9 Å². The third kappa shape index (κ3) is 77.6. The largest absolute Gasteiger partial charge is 0.472 e. The van der Waals surface area contributed by atoms with Crippen molar-refractivity contribution < 1.29 is 42.1 Å². The number of ether oxygens (including phenoxy) is 2. The molecule has 0 fully saturated rings. The maximum atomic E-state index is 12.9. The van der Waals surface area contributed by atoms with Crippen LogP contribution in [0, 0.1) is 0 Å². The van der Waals surface area contributed by atoms with E-state index in [1.807, 2.05) is 21.1 Å². The van der Waals surface area contributed by atoms with Crippen molar-refractivity contribution in [1.82, 2.24) is 0 Å². The fourth-order valence-electron chi connectivity index (χ4n) is 11.1. The minimum absolute atomic E-state index is 0.0207. The van der Waals surface area contributed by atoms with Gasteiger partial charge in [0.2, 0.25) is 0 Å². The van der Waals surface area contributed by atoms with Gasteiger partial charge in [0.1, 0.15) is 19.8 Å². The average molecular weight is 1320 g/mol. The second-order valence-electron chi connectivity index (χ2n) is 27.4. The standard InChI is InChI=1S/C83H148NO8P/c1-6-8-10-12-14-16-18-20-22-24-26-28-30-32-34-36-38-39-40-41-42-43-44-46-47-49-51-53-55-57-59-61-63-65-67-69-71-73-75-82(85)89-79-81(80-91-93(87,88)90-78-77-84(3,4)5)92-83(86)76-74-72-70-68-66-64-62-60-58-56-54-52-50-48-45-37-35-33-31-29-27-25-23-21-19-17-15-13-11-9-7-2/h9,11,15,17,21,23,27,29,33,35,45,48,52,54,58,60,64,66,81H,6-8,10,12-14,16,18-20,22,24-26,28,30-32,34,36-44,46-47,49-51,53,55-57,59,61-63,65,67-80H2,1-5H3/p+1/b11-9-,17-15-,23-21-,29-27-,35-33-,48-45-,54-52-,60-58-,66-64-. The number of hydrogen-bond donors (Lipinski definition) is 1.